The molecule has 22 heavy (non-hydrogen) atoms. The molecule has 0 spiro atoms. The Labute approximate surface area is 131 Å². The summed E-state index contributed by atoms with van der Waals surface area (Å²) < 4.78 is 10.9. The summed E-state index contributed by atoms with van der Waals surface area (Å²) in [6.45, 7) is 2.42. The molecule has 0 unspecified atom stereocenters. The Bertz CT molecular complexity index is 574. The van der Waals surface area contributed by atoms with E-state index in [2.05, 4.69) is 11.4 Å². The van der Waals surface area contributed by atoms with Crippen LogP contribution < -0.4 is 14.8 Å². The number of nitrogens with one attached hydrogen (secondary N) is 1. The molecular formula is C18H23NO3. The summed E-state index contributed by atoms with van der Waals surface area (Å²) >= 11 is 0. The molecule has 0 aromatic heterocycles. The Morgan fingerprint density at radius 2 is 2.18 bits per heavy atom. The molecular weight excluding hydrogens is 278 g/mol. The molecule has 1 N–H and O–H groups in total. The number of benzene rings is 1. The molecule has 4 nitrogen and oxygen atoms in total. The molecule has 118 valence electrons. The van der Waals surface area contributed by atoms with E-state index in [4.69, 9.17) is 9.47 Å². The summed E-state index contributed by atoms with van der Waals surface area (Å²) in [5.41, 5.74) is 1.55. The second-order valence-electron chi connectivity index (χ2n) is 5.94. The zero-order chi connectivity index (χ0) is 15.4. The van der Waals surface area contributed by atoms with E-state index < -0.39 is 0 Å². The average molecular weight is 301 g/mol. The quantitative estimate of drug-likeness (QED) is 0.908. The van der Waals surface area contributed by atoms with E-state index in [-0.39, 0.29) is 12.4 Å². The number of ether oxygens (including phenoxy) is 2. The first-order valence-electron chi connectivity index (χ1n) is 8.04. The number of Topliss-reactive ketones (excluding diaryl/α,β-unsaturated/α-hetero) is 1. The molecule has 0 amide bonds. The van der Waals surface area contributed by atoms with E-state index in [1.54, 1.807) is 13.2 Å². The maximum atomic E-state index is 11.8. The van der Waals surface area contributed by atoms with Gasteiger partial charge in [0.25, 0.3) is 0 Å². The number of ketones is 1. The lowest BCUT2D eigenvalue weighted by atomic mass is 9.93. The van der Waals surface area contributed by atoms with Gasteiger partial charge in [-0.1, -0.05) is 12.2 Å². The minimum atomic E-state index is 0.0435. The van der Waals surface area contributed by atoms with Crippen molar-refractivity contribution in [2.24, 2.45) is 5.92 Å². The number of methoxy groups -OCH3 is 1. The summed E-state index contributed by atoms with van der Waals surface area (Å²) in [5.74, 6) is 2.29. The Balaban J connectivity index is 1.68. The number of carbonyl (C=O) groups is 1. The van der Waals surface area contributed by atoms with E-state index in [0.29, 0.717) is 11.3 Å². The van der Waals surface area contributed by atoms with Gasteiger partial charge in [-0.05, 0) is 56.8 Å². The number of fused-ring (bicyclic) bond motifs is 1. The lowest BCUT2D eigenvalue weighted by Gasteiger charge is -2.21. The molecule has 1 aromatic rings. The minimum Gasteiger partial charge on any atom is -0.496 e. The maximum Gasteiger partial charge on any atom is 0.203 e. The molecule has 1 saturated heterocycles. The summed E-state index contributed by atoms with van der Waals surface area (Å²) in [5, 5.41) is 3.40. The molecule has 1 aromatic carbocycles. The predicted octanol–water partition coefficient (Wildman–Crippen LogP) is 3.06. The van der Waals surface area contributed by atoms with Gasteiger partial charge in [0.15, 0.2) is 6.61 Å². The molecule has 4 heteroatoms. The number of rotatable bonds is 5. The first-order valence-corrected chi connectivity index (χ1v) is 8.04. The highest BCUT2D eigenvalue weighted by molar-refractivity contribution is 6.03. The van der Waals surface area contributed by atoms with Gasteiger partial charge >= 0.3 is 0 Å². The lowest BCUT2D eigenvalue weighted by Crippen LogP contribution is -2.27. The van der Waals surface area contributed by atoms with Crippen LogP contribution in [0.4, 0.5) is 0 Å². The largest absolute Gasteiger partial charge is 0.496 e. The Morgan fingerprint density at radius 3 is 2.95 bits per heavy atom. The molecule has 2 heterocycles. The summed E-state index contributed by atoms with van der Waals surface area (Å²) in [6.07, 6.45) is 9.02. The van der Waals surface area contributed by atoms with Gasteiger partial charge < -0.3 is 14.8 Å². The van der Waals surface area contributed by atoms with E-state index in [9.17, 15) is 4.79 Å². The highest BCUT2D eigenvalue weighted by Gasteiger charge is 2.25. The SMILES string of the molecule is COc1ccc2c(c1C=CCCC1CCNCC1)OCC2=O. The highest BCUT2D eigenvalue weighted by Crippen LogP contribution is 2.37. The Hall–Kier alpha value is -1.81. The summed E-state index contributed by atoms with van der Waals surface area (Å²) in [6, 6.07) is 3.63. The molecule has 2 aliphatic heterocycles. The number of hydrogen-bond acceptors (Lipinski definition) is 4. The molecule has 0 bridgehead atoms. The van der Waals surface area contributed by atoms with E-state index >= 15 is 0 Å². The Morgan fingerprint density at radius 1 is 1.36 bits per heavy atom. The zero-order valence-electron chi connectivity index (χ0n) is 13.1. The van der Waals surface area contributed by atoms with Crippen LogP contribution in [-0.2, 0) is 0 Å². The van der Waals surface area contributed by atoms with Crippen molar-refractivity contribution in [3.8, 4) is 11.5 Å². The molecule has 3 rings (SSSR count). The van der Waals surface area contributed by atoms with Gasteiger partial charge in [-0.2, -0.15) is 0 Å². The Kier molecular flexibility index (Phi) is 4.78. The van der Waals surface area contributed by atoms with Crippen molar-refractivity contribution in [2.45, 2.75) is 25.7 Å². The number of hydrogen-bond donors (Lipinski definition) is 1. The first kappa shape index (κ1) is 15.1. The van der Waals surface area contributed by atoms with Crippen molar-refractivity contribution in [1.82, 2.24) is 5.32 Å². The normalized spacial score (nSPS) is 18.5. The standard InChI is InChI=1S/C18H23NO3/c1-21-17-7-6-14-16(20)12-22-18(14)15(17)5-3-2-4-13-8-10-19-11-9-13/h3,5-7,13,19H,2,4,8-12H2,1H3. The minimum absolute atomic E-state index is 0.0435. The van der Waals surface area contributed by atoms with Crippen LogP contribution in [0.3, 0.4) is 0 Å². The third-order valence-electron chi connectivity index (χ3n) is 4.51. The molecule has 0 aliphatic carbocycles. The van der Waals surface area contributed by atoms with Crippen molar-refractivity contribution in [3.63, 3.8) is 0 Å². The van der Waals surface area contributed by atoms with Gasteiger partial charge in [-0.3, -0.25) is 4.79 Å². The van der Waals surface area contributed by atoms with Gasteiger partial charge in [-0.15, -0.1) is 0 Å². The number of carbonyl (C=O) groups excluding carboxylic acids is 1. The molecule has 2 aliphatic rings. The fourth-order valence-electron chi connectivity index (χ4n) is 3.21. The lowest BCUT2D eigenvalue weighted by molar-refractivity contribution is 0.0961. The van der Waals surface area contributed by atoms with Crippen LogP contribution in [-0.4, -0.2) is 32.6 Å². The third-order valence-corrected chi connectivity index (χ3v) is 4.51. The average Bonchev–Trinajstić information content (AvgIpc) is 2.94. The summed E-state index contributed by atoms with van der Waals surface area (Å²) in [4.78, 5) is 11.8. The summed E-state index contributed by atoms with van der Waals surface area (Å²) in [7, 11) is 1.64. The van der Waals surface area contributed by atoms with Crippen molar-refractivity contribution in [3.05, 3.63) is 29.3 Å². The second kappa shape index (κ2) is 6.97. The third kappa shape index (κ3) is 3.17. The van der Waals surface area contributed by atoms with Gasteiger partial charge in [0.2, 0.25) is 5.78 Å². The fraction of sp³-hybridized carbons (Fsp3) is 0.500. The van der Waals surface area contributed by atoms with E-state index in [1.165, 1.54) is 19.3 Å². The van der Waals surface area contributed by atoms with Gasteiger partial charge in [0.05, 0.1) is 18.2 Å². The van der Waals surface area contributed by atoms with Crippen LogP contribution in [0.15, 0.2) is 18.2 Å². The molecule has 1 fully saturated rings. The van der Waals surface area contributed by atoms with Crippen LogP contribution in [0.25, 0.3) is 6.08 Å². The van der Waals surface area contributed by atoms with Crippen molar-refractivity contribution in [2.75, 3.05) is 26.8 Å². The van der Waals surface area contributed by atoms with E-state index in [0.717, 1.165) is 36.7 Å². The predicted molar refractivity (Wildman–Crippen MR) is 86.7 cm³/mol. The topological polar surface area (TPSA) is 47.6 Å². The molecule has 0 saturated carbocycles. The highest BCUT2D eigenvalue weighted by atomic mass is 16.5. The smallest absolute Gasteiger partial charge is 0.203 e. The molecule has 0 radical (unpaired) electrons. The van der Waals surface area contributed by atoms with Gasteiger partial charge in [0.1, 0.15) is 11.5 Å². The first-order chi connectivity index (χ1) is 10.8. The maximum absolute atomic E-state index is 11.8. The van der Waals surface area contributed by atoms with Crippen molar-refractivity contribution >= 4 is 11.9 Å². The number of piperidine rings is 1. The van der Waals surface area contributed by atoms with Crippen LogP contribution in [0, 0.1) is 5.92 Å². The second-order valence-corrected chi connectivity index (χ2v) is 5.94. The van der Waals surface area contributed by atoms with Gasteiger partial charge in [0, 0.05) is 0 Å². The number of allylic oxidation sites excluding steroid dienone is 1. The van der Waals surface area contributed by atoms with Crippen LogP contribution >= 0.6 is 0 Å². The molecule has 0 atom stereocenters. The van der Waals surface area contributed by atoms with Crippen LogP contribution in [0.5, 0.6) is 11.5 Å². The monoisotopic (exact) mass is 301 g/mol. The van der Waals surface area contributed by atoms with Crippen molar-refractivity contribution < 1.29 is 14.3 Å². The van der Waals surface area contributed by atoms with Crippen molar-refractivity contribution in [1.29, 1.82) is 0 Å². The van der Waals surface area contributed by atoms with Crippen LogP contribution in [0.1, 0.15) is 41.6 Å². The van der Waals surface area contributed by atoms with Crippen LogP contribution in [0.2, 0.25) is 0 Å². The van der Waals surface area contributed by atoms with Gasteiger partial charge in [-0.25, -0.2) is 0 Å². The zero-order valence-corrected chi connectivity index (χ0v) is 13.1. The fourth-order valence-corrected chi connectivity index (χ4v) is 3.21. The van der Waals surface area contributed by atoms with E-state index in [1.807, 2.05) is 12.1 Å².